The van der Waals surface area contributed by atoms with E-state index in [9.17, 15) is 14.0 Å². The molecule has 0 radical (unpaired) electrons. The van der Waals surface area contributed by atoms with Crippen LogP contribution in [0.25, 0.3) is 0 Å². The Hall–Kier alpha value is -3.39. The van der Waals surface area contributed by atoms with Gasteiger partial charge < -0.3 is 9.88 Å². The second-order valence-electron chi connectivity index (χ2n) is 8.33. The second-order valence-corrected chi connectivity index (χ2v) is 8.33. The maximum Gasteiger partial charge on any atom is 0.257 e. The highest BCUT2D eigenvalue weighted by molar-refractivity contribution is 5.94. The summed E-state index contributed by atoms with van der Waals surface area (Å²) in [5.74, 6) is -0.408. The van der Waals surface area contributed by atoms with E-state index in [0.29, 0.717) is 37.3 Å². The van der Waals surface area contributed by atoms with E-state index in [-0.39, 0.29) is 23.1 Å². The molecule has 1 amide bonds. The molecule has 1 saturated heterocycles. The Labute approximate surface area is 184 Å². The lowest BCUT2D eigenvalue weighted by Crippen LogP contribution is -2.38. The van der Waals surface area contributed by atoms with Gasteiger partial charge in [-0.1, -0.05) is 18.2 Å². The summed E-state index contributed by atoms with van der Waals surface area (Å²) < 4.78 is 14.2. The maximum atomic E-state index is 14.2. The molecule has 1 atom stereocenters. The maximum absolute atomic E-state index is 14.2. The number of nitrogens with one attached hydrogen (secondary N) is 1. The van der Waals surface area contributed by atoms with Gasteiger partial charge in [-0.25, -0.2) is 9.37 Å². The predicted octanol–water partition coefficient (Wildman–Crippen LogP) is 2.84. The topological polar surface area (TPSA) is 82.2 Å². The summed E-state index contributed by atoms with van der Waals surface area (Å²) in [5, 5.41) is 0. The predicted molar refractivity (Wildman–Crippen MR) is 116 cm³/mol. The van der Waals surface area contributed by atoms with Gasteiger partial charge >= 0.3 is 0 Å². The van der Waals surface area contributed by atoms with Crippen LogP contribution >= 0.6 is 0 Å². The second kappa shape index (κ2) is 8.63. The van der Waals surface area contributed by atoms with Crippen LogP contribution in [0, 0.1) is 5.82 Å². The molecule has 7 nitrogen and oxygen atoms in total. The normalized spacial score (nSPS) is 18.5. The van der Waals surface area contributed by atoms with Crippen LogP contribution in [0.2, 0.25) is 0 Å². The van der Waals surface area contributed by atoms with Gasteiger partial charge in [0.05, 0.1) is 22.9 Å². The van der Waals surface area contributed by atoms with Crippen molar-refractivity contribution in [1.82, 2.24) is 24.8 Å². The third-order valence-corrected chi connectivity index (χ3v) is 6.23. The van der Waals surface area contributed by atoms with E-state index in [2.05, 4.69) is 14.9 Å². The third kappa shape index (κ3) is 3.93. The Kier molecular flexibility index (Phi) is 5.53. The number of halogens is 1. The number of rotatable bonds is 4. The van der Waals surface area contributed by atoms with Gasteiger partial charge in [0.15, 0.2) is 0 Å². The first-order valence-corrected chi connectivity index (χ1v) is 10.9. The first-order chi connectivity index (χ1) is 15.6. The minimum absolute atomic E-state index is 0.0470. The van der Waals surface area contributed by atoms with E-state index in [4.69, 9.17) is 4.98 Å². The standard InChI is InChI=1S/C24H24FN5O2/c25-19-7-2-1-6-17(19)24(32)30-11-4-8-21(30)22-27-20-9-12-29(15-18(20)23(31)28-22)14-16-5-3-10-26-13-16/h1-3,5-7,10,13,21H,4,8-9,11-12,14-15H2,(H,27,28,31)/t21-/m1/s1. The number of aromatic amines is 1. The van der Waals surface area contributed by atoms with Crippen molar-refractivity contribution in [2.45, 2.75) is 38.4 Å². The van der Waals surface area contributed by atoms with E-state index in [1.807, 2.05) is 18.3 Å². The molecule has 0 bridgehead atoms. The zero-order valence-electron chi connectivity index (χ0n) is 17.6. The molecule has 2 aromatic heterocycles. The highest BCUT2D eigenvalue weighted by atomic mass is 19.1. The van der Waals surface area contributed by atoms with Gasteiger partial charge in [-0.2, -0.15) is 0 Å². The average molecular weight is 433 g/mol. The zero-order chi connectivity index (χ0) is 22.1. The van der Waals surface area contributed by atoms with Crippen molar-refractivity contribution in [3.05, 3.63) is 93.2 Å². The number of aromatic nitrogens is 3. The van der Waals surface area contributed by atoms with Gasteiger partial charge in [-0.15, -0.1) is 0 Å². The first-order valence-electron chi connectivity index (χ1n) is 10.9. The van der Waals surface area contributed by atoms with Crippen LogP contribution in [-0.2, 0) is 19.5 Å². The summed E-state index contributed by atoms with van der Waals surface area (Å²) in [6.45, 7) is 2.55. The summed E-state index contributed by atoms with van der Waals surface area (Å²) in [7, 11) is 0. The Morgan fingerprint density at radius 1 is 1.19 bits per heavy atom. The number of carbonyl (C=O) groups is 1. The van der Waals surface area contributed by atoms with E-state index in [1.165, 1.54) is 12.1 Å². The van der Waals surface area contributed by atoms with E-state index in [1.54, 1.807) is 23.2 Å². The van der Waals surface area contributed by atoms with Crippen LogP contribution in [0.3, 0.4) is 0 Å². The largest absolute Gasteiger partial charge is 0.328 e. The number of fused-ring (bicyclic) bond motifs is 1. The van der Waals surface area contributed by atoms with Crippen molar-refractivity contribution < 1.29 is 9.18 Å². The summed E-state index contributed by atoms with van der Waals surface area (Å²) in [6.07, 6.45) is 5.72. The number of H-pyrrole nitrogens is 1. The molecule has 2 aliphatic heterocycles. The Balaban J connectivity index is 1.38. The molecular weight excluding hydrogens is 409 g/mol. The van der Waals surface area contributed by atoms with E-state index < -0.39 is 5.82 Å². The van der Waals surface area contributed by atoms with E-state index >= 15 is 0 Å². The molecule has 8 heteroatoms. The SMILES string of the molecule is O=C(c1ccccc1F)N1CCC[C@@H]1c1nc2c(c(=O)[nH]1)CN(Cc1cccnc1)CC2. The van der Waals surface area contributed by atoms with Crippen molar-refractivity contribution in [1.29, 1.82) is 0 Å². The zero-order valence-corrected chi connectivity index (χ0v) is 17.6. The van der Waals surface area contributed by atoms with Gasteiger partial charge in [0, 0.05) is 45.0 Å². The number of likely N-dealkylation sites (tertiary alicyclic amines) is 1. The third-order valence-electron chi connectivity index (χ3n) is 6.23. The van der Waals surface area contributed by atoms with Gasteiger partial charge in [-0.3, -0.25) is 19.5 Å². The number of carbonyl (C=O) groups excluding carboxylic acids is 1. The monoisotopic (exact) mass is 433 g/mol. The molecule has 4 heterocycles. The lowest BCUT2D eigenvalue weighted by atomic mass is 10.1. The van der Waals surface area contributed by atoms with Crippen molar-refractivity contribution in [2.24, 2.45) is 0 Å². The lowest BCUT2D eigenvalue weighted by molar-refractivity contribution is 0.0724. The van der Waals surface area contributed by atoms with Crippen LogP contribution in [0.5, 0.6) is 0 Å². The molecule has 1 fully saturated rings. The molecule has 2 aliphatic rings. The molecule has 0 aliphatic carbocycles. The van der Waals surface area contributed by atoms with Crippen molar-refractivity contribution in [3.63, 3.8) is 0 Å². The molecule has 5 rings (SSSR count). The number of amides is 1. The molecule has 1 N–H and O–H groups in total. The highest BCUT2D eigenvalue weighted by Crippen LogP contribution is 2.32. The minimum atomic E-state index is -0.538. The summed E-state index contributed by atoms with van der Waals surface area (Å²) in [6, 6.07) is 9.57. The molecule has 1 aromatic carbocycles. The van der Waals surface area contributed by atoms with Crippen molar-refractivity contribution in [3.8, 4) is 0 Å². The van der Waals surface area contributed by atoms with Crippen molar-refractivity contribution in [2.75, 3.05) is 13.1 Å². The lowest BCUT2D eigenvalue weighted by Gasteiger charge is -2.29. The van der Waals surface area contributed by atoms with Crippen LogP contribution in [0.15, 0.2) is 53.6 Å². The highest BCUT2D eigenvalue weighted by Gasteiger charge is 2.34. The Morgan fingerprint density at radius 3 is 2.88 bits per heavy atom. The molecule has 0 saturated carbocycles. The number of benzene rings is 1. The number of nitrogens with zero attached hydrogens (tertiary/aromatic N) is 4. The van der Waals surface area contributed by atoms with Gasteiger partial charge in [0.2, 0.25) is 0 Å². The fourth-order valence-electron chi connectivity index (χ4n) is 4.63. The quantitative estimate of drug-likeness (QED) is 0.684. The molecule has 32 heavy (non-hydrogen) atoms. The number of hydrogen-bond donors (Lipinski definition) is 1. The average Bonchev–Trinajstić information content (AvgIpc) is 3.30. The van der Waals surface area contributed by atoms with Crippen LogP contribution < -0.4 is 5.56 Å². The van der Waals surface area contributed by atoms with Crippen LogP contribution in [0.1, 0.15) is 51.9 Å². The molecular formula is C24H24FN5O2. The van der Waals surface area contributed by atoms with Crippen LogP contribution in [-0.4, -0.2) is 43.7 Å². The van der Waals surface area contributed by atoms with Gasteiger partial charge in [0.25, 0.3) is 11.5 Å². The van der Waals surface area contributed by atoms with Gasteiger partial charge in [-0.05, 0) is 36.6 Å². The van der Waals surface area contributed by atoms with Crippen molar-refractivity contribution >= 4 is 5.91 Å². The number of pyridine rings is 1. The number of hydrogen-bond acceptors (Lipinski definition) is 5. The summed E-state index contributed by atoms with van der Waals surface area (Å²) in [5.41, 5.74) is 2.45. The molecule has 164 valence electrons. The Bertz CT molecular complexity index is 1200. The first kappa shape index (κ1) is 20.5. The Morgan fingerprint density at radius 2 is 2.06 bits per heavy atom. The molecule has 0 unspecified atom stereocenters. The summed E-state index contributed by atoms with van der Waals surface area (Å²) >= 11 is 0. The fraction of sp³-hybridized carbons (Fsp3) is 0.333. The fourth-order valence-corrected chi connectivity index (χ4v) is 4.63. The molecule has 0 spiro atoms. The minimum Gasteiger partial charge on any atom is -0.328 e. The van der Waals surface area contributed by atoms with Gasteiger partial charge in [0.1, 0.15) is 11.6 Å². The van der Waals surface area contributed by atoms with Crippen LogP contribution in [0.4, 0.5) is 4.39 Å². The van der Waals surface area contributed by atoms with E-state index in [0.717, 1.165) is 30.8 Å². The molecule has 3 aromatic rings. The summed E-state index contributed by atoms with van der Waals surface area (Å²) in [4.78, 5) is 41.6. The smallest absolute Gasteiger partial charge is 0.257 e.